The molecule has 0 aromatic heterocycles. The van der Waals surface area contributed by atoms with Crippen molar-refractivity contribution in [3.05, 3.63) is 144 Å². The first kappa shape index (κ1) is 41.6. The lowest BCUT2D eigenvalue weighted by molar-refractivity contribution is -0.266. The molecule has 1 fully saturated rings. The smallest absolute Gasteiger partial charge is 0.408 e. The number of hydrogen-bond donors (Lipinski definition) is 2. The minimum absolute atomic E-state index is 0.0680. The third kappa shape index (κ3) is 13.6. The number of rotatable bonds is 19. The van der Waals surface area contributed by atoms with Crippen LogP contribution >= 0.6 is 0 Å². The normalized spacial score (nSPS) is 21.0. The fourth-order valence-electron chi connectivity index (χ4n) is 6.64. The second-order valence-electron chi connectivity index (χ2n) is 14.9. The first-order chi connectivity index (χ1) is 26.6. The summed E-state index contributed by atoms with van der Waals surface area (Å²) in [5.74, 6) is -1.26. The van der Waals surface area contributed by atoms with Crippen molar-refractivity contribution >= 4 is 12.1 Å². The fourth-order valence-corrected chi connectivity index (χ4v) is 6.64. The summed E-state index contributed by atoms with van der Waals surface area (Å²) in [6, 6.07) is 38.1. The molecule has 7 atom stereocenters. The van der Waals surface area contributed by atoms with E-state index in [0.717, 1.165) is 28.7 Å². The van der Waals surface area contributed by atoms with Crippen LogP contribution < -0.4 is 5.32 Å². The van der Waals surface area contributed by atoms with Crippen molar-refractivity contribution < 1.29 is 43.1 Å². The maximum Gasteiger partial charge on any atom is 0.408 e. The van der Waals surface area contributed by atoms with Gasteiger partial charge in [0, 0.05) is 13.0 Å². The zero-order valence-electron chi connectivity index (χ0n) is 32.3. The van der Waals surface area contributed by atoms with Crippen LogP contribution in [-0.2, 0) is 59.5 Å². The molecule has 1 amide bonds. The number of carboxylic acids is 1. The molecule has 2 N–H and O–H groups in total. The number of carboxylic acid groups (broad SMARTS) is 1. The average molecular weight is 754 g/mol. The molecule has 5 rings (SSSR count). The van der Waals surface area contributed by atoms with Crippen LogP contribution in [0.1, 0.15) is 62.8 Å². The van der Waals surface area contributed by atoms with Crippen LogP contribution in [0.25, 0.3) is 0 Å². The van der Waals surface area contributed by atoms with E-state index < -0.39 is 60.3 Å². The quantitative estimate of drug-likeness (QED) is 0.0921. The number of amides is 1. The molecule has 0 saturated carbocycles. The van der Waals surface area contributed by atoms with E-state index in [-0.39, 0.29) is 19.6 Å². The van der Waals surface area contributed by atoms with Gasteiger partial charge in [0.15, 0.2) is 6.04 Å². The zero-order valence-corrected chi connectivity index (χ0v) is 32.3. The summed E-state index contributed by atoms with van der Waals surface area (Å²) < 4.78 is 38.7. The van der Waals surface area contributed by atoms with E-state index in [1.807, 2.05) is 128 Å². The predicted molar refractivity (Wildman–Crippen MR) is 209 cm³/mol. The molecule has 0 spiro atoms. The van der Waals surface area contributed by atoms with Crippen LogP contribution in [0.5, 0.6) is 0 Å². The molecule has 4 aromatic carbocycles. The van der Waals surface area contributed by atoms with Crippen molar-refractivity contribution in [2.45, 2.75) is 115 Å². The molecular weight excluding hydrogens is 698 g/mol. The molecule has 4 aromatic rings. The maximum absolute atomic E-state index is 13.0. The Morgan fingerprint density at radius 2 is 1.15 bits per heavy atom. The lowest BCUT2D eigenvalue weighted by Gasteiger charge is -2.46. The third-order valence-corrected chi connectivity index (χ3v) is 9.28. The summed E-state index contributed by atoms with van der Waals surface area (Å²) in [5, 5.41) is 13.1. The number of aliphatic carboxylic acids is 1. The summed E-state index contributed by atoms with van der Waals surface area (Å²) in [7, 11) is 0. The lowest BCUT2D eigenvalue weighted by Crippen LogP contribution is -2.61. The Balaban J connectivity index is 1.45. The first-order valence-corrected chi connectivity index (χ1v) is 19.1. The Morgan fingerprint density at radius 3 is 1.62 bits per heavy atom. The van der Waals surface area contributed by atoms with Gasteiger partial charge in [0.1, 0.15) is 23.9 Å². The molecular formula is C45H55NO9. The molecule has 1 aliphatic rings. The van der Waals surface area contributed by atoms with E-state index in [1.165, 1.54) is 0 Å². The number of carbonyl (C=O) groups is 2. The molecule has 10 nitrogen and oxygen atoms in total. The van der Waals surface area contributed by atoms with E-state index in [4.69, 9.17) is 28.4 Å². The van der Waals surface area contributed by atoms with Crippen molar-refractivity contribution in [3.8, 4) is 0 Å². The molecule has 55 heavy (non-hydrogen) atoms. The number of benzene rings is 4. The number of carbonyl (C=O) groups excluding carboxylic acids is 1. The van der Waals surface area contributed by atoms with E-state index >= 15 is 0 Å². The Bertz CT molecular complexity index is 1700. The summed E-state index contributed by atoms with van der Waals surface area (Å²) in [4.78, 5) is 25.9. The zero-order chi connectivity index (χ0) is 39.0. The Labute approximate surface area is 325 Å². The van der Waals surface area contributed by atoms with Gasteiger partial charge in [0.25, 0.3) is 0 Å². The first-order valence-electron chi connectivity index (χ1n) is 19.1. The SMILES string of the molecule is C[C@@H]1O[C@@H](C[C@H](OCCCc2ccccc2)[C@H](NC(=O)OC(C)(C)C)C(=O)O)[C@@H](OCc2ccccc2)[C@H](OCc2ccccc2)[C@@H]1OCc1ccccc1. The minimum Gasteiger partial charge on any atom is -0.480 e. The molecule has 294 valence electrons. The van der Waals surface area contributed by atoms with E-state index in [2.05, 4.69) is 5.32 Å². The minimum atomic E-state index is -1.45. The van der Waals surface area contributed by atoms with Gasteiger partial charge >= 0.3 is 12.1 Å². The Morgan fingerprint density at radius 1 is 0.691 bits per heavy atom. The third-order valence-electron chi connectivity index (χ3n) is 9.28. The fraction of sp³-hybridized carbons (Fsp3) is 0.422. The summed E-state index contributed by atoms with van der Waals surface area (Å²) in [6.45, 7) is 8.20. The summed E-state index contributed by atoms with van der Waals surface area (Å²) in [6.07, 6.45) is -3.50. The van der Waals surface area contributed by atoms with Crippen molar-refractivity contribution in [1.29, 1.82) is 0 Å². The molecule has 1 heterocycles. The van der Waals surface area contributed by atoms with Gasteiger partial charge in [-0.3, -0.25) is 0 Å². The van der Waals surface area contributed by atoms with Crippen LogP contribution in [0.2, 0.25) is 0 Å². The molecule has 0 aliphatic carbocycles. The van der Waals surface area contributed by atoms with Crippen LogP contribution in [0.15, 0.2) is 121 Å². The number of aryl methyl sites for hydroxylation is 1. The van der Waals surface area contributed by atoms with Crippen LogP contribution in [-0.4, -0.2) is 72.0 Å². The molecule has 1 saturated heterocycles. The van der Waals surface area contributed by atoms with Crippen molar-refractivity contribution in [2.24, 2.45) is 0 Å². The maximum atomic E-state index is 13.0. The Kier molecular flexibility index (Phi) is 15.8. The molecule has 0 radical (unpaired) electrons. The lowest BCUT2D eigenvalue weighted by atomic mass is 9.90. The average Bonchev–Trinajstić information content (AvgIpc) is 3.17. The Hall–Kier alpha value is -4.58. The van der Waals surface area contributed by atoms with Gasteiger partial charge in [-0.25, -0.2) is 9.59 Å². The van der Waals surface area contributed by atoms with Gasteiger partial charge in [-0.2, -0.15) is 0 Å². The molecule has 0 bridgehead atoms. The van der Waals surface area contributed by atoms with E-state index in [1.54, 1.807) is 20.8 Å². The largest absolute Gasteiger partial charge is 0.480 e. The molecule has 1 aliphatic heterocycles. The van der Waals surface area contributed by atoms with Gasteiger partial charge in [-0.1, -0.05) is 121 Å². The van der Waals surface area contributed by atoms with E-state index in [9.17, 15) is 14.7 Å². The predicted octanol–water partition coefficient (Wildman–Crippen LogP) is 7.92. The van der Waals surface area contributed by atoms with E-state index in [0.29, 0.717) is 19.6 Å². The second-order valence-corrected chi connectivity index (χ2v) is 14.9. The number of alkyl carbamates (subject to hydrolysis) is 1. The summed E-state index contributed by atoms with van der Waals surface area (Å²) in [5.41, 5.74) is 3.24. The second kappa shape index (κ2) is 20.9. The van der Waals surface area contributed by atoms with Crippen LogP contribution in [0, 0.1) is 0 Å². The number of hydrogen-bond acceptors (Lipinski definition) is 8. The van der Waals surface area contributed by atoms with Gasteiger partial charge in [-0.15, -0.1) is 0 Å². The van der Waals surface area contributed by atoms with Crippen LogP contribution in [0.4, 0.5) is 4.79 Å². The monoisotopic (exact) mass is 753 g/mol. The van der Waals surface area contributed by atoms with Gasteiger partial charge in [-0.05, 0) is 62.8 Å². The highest BCUT2D eigenvalue weighted by Crippen LogP contribution is 2.33. The highest BCUT2D eigenvalue weighted by molar-refractivity contribution is 5.80. The van der Waals surface area contributed by atoms with Gasteiger partial charge < -0.3 is 38.8 Å². The highest BCUT2D eigenvalue weighted by Gasteiger charge is 2.48. The standard InChI is InChI=1S/C45H55NO9/c1-32-40(51-29-34-20-11-6-12-21-34)42(53-31-36-24-15-8-16-25-36)41(52-30-35-22-13-7-14-23-35)38(54-32)28-37(50-27-17-26-33-18-9-5-10-19-33)39(43(47)48)46-44(49)55-45(2,3)4/h5-16,18-25,32,37-42H,17,26-31H2,1-4H3,(H,46,49)(H,47,48)/t32-,37-,38-,39-,40+,41+,42+/m0/s1. The molecule has 0 unspecified atom stereocenters. The topological polar surface area (TPSA) is 122 Å². The van der Waals surface area contributed by atoms with Crippen LogP contribution in [0.3, 0.4) is 0 Å². The molecule has 10 heteroatoms. The van der Waals surface area contributed by atoms with Crippen molar-refractivity contribution in [1.82, 2.24) is 5.32 Å². The van der Waals surface area contributed by atoms with Gasteiger partial charge in [0.2, 0.25) is 0 Å². The number of ether oxygens (including phenoxy) is 6. The van der Waals surface area contributed by atoms with Gasteiger partial charge in [0.05, 0.1) is 38.1 Å². The van der Waals surface area contributed by atoms with Crippen molar-refractivity contribution in [3.63, 3.8) is 0 Å². The van der Waals surface area contributed by atoms with Crippen molar-refractivity contribution in [2.75, 3.05) is 6.61 Å². The number of nitrogens with one attached hydrogen (secondary N) is 1. The summed E-state index contributed by atoms with van der Waals surface area (Å²) >= 11 is 0. The highest BCUT2D eigenvalue weighted by atomic mass is 16.6.